The van der Waals surface area contributed by atoms with Gasteiger partial charge in [0, 0.05) is 0 Å². The van der Waals surface area contributed by atoms with E-state index in [-0.39, 0.29) is 0 Å². The van der Waals surface area contributed by atoms with E-state index < -0.39 is 0 Å². The minimum atomic E-state index is 1.17. The Morgan fingerprint density at radius 1 is 1.00 bits per heavy atom. The average molecular weight is 82.2 g/mol. The molecule has 0 aromatic heterocycles. The summed E-state index contributed by atoms with van der Waals surface area (Å²) in [5, 5.41) is 0. The van der Waals surface area contributed by atoms with E-state index in [1.54, 1.807) is 0 Å². The van der Waals surface area contributed by atoms with Gasteiger partial charge < -0.3 is 0 Å². The molecule has 1 aliphatic heterocycles. The second kappa shape index (κ2) is 0.861. The van der Waals surface area contributed by atoms with Crippen molar-refractivity contribution in [3.8, 4) is 0 Å². The van der Waals surface area contributed by atoms with E-state index in [4.69, 9.17) is 0 Å². The second-order valence-electron chi connectivity index (χ2n) is 0.622. The Kier molecular flexibility index (Phi) is 0.519. The fourth-order valence-corrected chi connectivity index (χ4v) is 0.750. The van der Waals surface area contributed by atoms with Gasteiger partial charge in [-0.2, -0.15) is 0 Å². The molecule has 1 rings (SSSR count). The Morgan fingerprint density at radius 3 is 1.25 bits per heavy atom. The smallest absolute Gasteiger partial charge is 0.0590 e. The Morgan fingerprint density at radius 2 is 1.25 bits per heavy atom. The molecular weight excluding hydrogens is 80.2 g/mol. The summed E-state index contributed by atoms with van der Waals surface area (Å²) in [6.07, 6.45) is 0. The molecule has 0 atom stereocenters. The zero-order valence-corrected chi connectivity index (χ0v) is 4.15. The maximum Gasteiger partial charge on any atom is 0.0590 e. The summed E-state index contributed by atoms with van der Waals surface area (Å²) in [7, 11) is 2.34. The van der Waals surface area contributed by atoms with Crippen LogP contribution in [0.5, 0.6) is 0 Å². The summed E-state index contributed by atoms with van der Waals surface area (Å²) in [6, 6.07) is 0. The Bertz CT molecular complexity index is 33.3. The monoisotopic (exact) mass is 82.0 g/mol. The van der Waals surface area contributed by atoms with Crippen molar-refractivity contribution in [2.45, 2.75) is 0 Å². The lowest BCUT2D eigenvalue weighted by Crippen LogP contribution is -2.05. The first-order chi connectivity index (χ1) is 2.00. The summed E-state index contributed by atoms with van der Waals surface area (Å²) < 4.78 is 0. The minimum Gasteiger partial charge on any atom is -0.110 e. The van der Waals surface area contributed by atoms with Crippen molar-refractivity contribution in [2.75, 3.05) is 0 Å². The molecule has 4 radical (unpaired) electrons. The number of rotatable bonds is 0. The van der Waals surface area contributed by atoms with Gasteiger partial charge in [-0.25, -0.2) is 0 Å². The molecule has 0 saturated heterocycles. The van der Waals surface area contributed by atoms with Gasteiger partial charge in [0.25, 0.3) is 0 Å². The van der Waals surface area contributed by atoms with Crippen LogP contribution in [0.4, 0.5) is 0 Å². The predicted octanol–water partition coefficient (Wildman–Crippen LogP) is -0.205. The normalized spacial score (nSPS) is 20.0. The Labute approximate surface area is 30.3 Å². The third kappa shape index (κ3) is 0.172. The molecule has 0 bridgehead atoms. The Balaban J connectivity index is 2.47. The van der Waals surface area contributed by atoms with Crippen molar-refractivity contribution in [3.63, 3.8) is 0 Å². The highest BCUT2D eigenvalue weighted by atomic mass is 29.1. The first-order valence-corrected chi connectivity index (χ1v) is 4.32. The highest BCUT2D eigenvalue weighted by Gasteiger charge is 1.86. The molecule has 0 aromatic rings. The summed E-state index contributed by atoms with van der Waals surface area (Å²) in [5.74, 6) is 0. The molecule has 18 valence electrons. The minimum absolute atomic E-state index is 1.17. The van der Waals surface area contributed by atoms with Gasteiger partial charge in [0.15, 0.2) is 0 Å². The van der Waals surface area contributed by atoms with Gasteiger partial charge in [-0.05, 0) is 0 Å². The van der Waals surface area contributed by atoms with Gasteiger partial charge in [-0.1, -0.05) is 0 Å². The van der Waals surface area contributed by atoms with Crippen LogP contribution in [-0.4, -0.2) is 18.1 Å². The van der Waals surface area contributed by atoms with Crippen molar-refractivity contribution >= 4 is 18.1 Å². The van der Waals surface area contributed by atoms with Crippen LogP contribution in [0, 0.1) is 0 Å². The Hall–Kier alpha value is 0.174. The first kappa shape index (κ1) is 2.41. The third-order valence-electron chi connectivity index (χ3n) is 0.333. The van der Waals surface area contributed by atoms with E-state index >= 15 is 0 Å². The van der Waals surface area contributed by atoms with E-state index in [9.17, 15) is 0 Å². The van der Waals surface area contributed by atoms with E-state index in [0.29, 0.717) is 0 Å². The van der Waals surface area contributed by atoms with Gasteiger partial charge in [0.2, 0.25) is 0 Å². The predicted molar refractivity (Wildman–Crippen MR) is 20.6 cm³/mol. The molecule has 0 nitrogen and oxygen atoms in total. The van der Waals surface area contributed by atoms with Gasteiger partial charge in [0.1, 0.15) is 0 Å². The molecule has 2 heteroatoms. The summed E-state index contributed by atoms with van der Waals surface area (Å²) in [6.45, 7) is 0. The molecule has 0 unspecified atom stereocenters. The SMILES string of the molecule is C1=C[Si][Si]1. The van der Waals surface area contributed by atoms with Crippen molar-refractivity contribution < 1.29 is 0 Å². The molecular formula is C2H2Si2. The van der Waals surface area contributed by atoms with Crippen LogP contribution in [0.1, 0.15) is 0 Å². The second-order valence-corrected chi connectivity index (χ2v) is 3.60. The largest absolute Gasteiger partial charge is 0.110 e. The zero-order chi connectivity index (χ0) is 2.83. The van der Waals surface area contributed by atoms with Crippen LogP contribution in [0.3, 0.4) is 0 Å². The summed E-state index contributed by atoms with van der Waals surface area (Å²) >= 11 is 0. The molecule has 0 fully saturated rings. The topological polar surface area (TPSA) is 0 Å². The van der Waals surface area contributed by atoms with E-state index in [2.05, 4.69) is 11.4 Å². The zero-order valence-electron chi connectivity index (χ0n) is 2.15. The van der Waals surface area contributed by atoms with Crippen LogP contribution < -0.4 is 0 Å². The molecule has 0 amide bonds. The molecule has 4 heavy (non-hydrogen) atoms. The maximum absolute atomic E-state index is 2.22. The molecule has 0 spiro atoms. The number of hydrogen-bond acceptors (Lipinski definition) is 0. The highest BCUT2D eigenvalue weighted by Crippen LogP contribution is 1.75. The van der Waals surface area contributed by atoms with Crippen molar-refractivity contribution in [1.29, 1.82) is 0 Å². The van der Waals surface area contributed by atoms with Crippen molar-refractivity contribution in [3.05, 3.63) is 11.4 Å². The molecule has 0 aliphatic carbocycles. The summed E-state index contributed by atoms with van der Waals surface area (Å²) in [4.78, 5) is 0. The van der Waals surface area contributed by atoms with Crippen LogP contribution in [0.25, 0.3) is 0 Å². The molecule has 1 heterocycles. The van der Waals surface area contributed by atoms with Crippen molar-refractivity contribution in [2.24, 2.45) is 0 Å². The molecule has 0 aromatic carbocycles. The third-order valence-corrected chi connectivity index (χ3v) is 3.00. The quantitative estimate of drug-likeness (QED) is 0.355. The van der Waals surface area contributed by atoms with Gasteiger partial charge in [0.05, 0.1) is 18.1 Å². The van der Waals surface area contributed by atoms with E-state index in [1.807, 2.05) is 0 Å². The van der Waals surface area contributed by atoms with Crippen LogP contribution in [0.2, 0.25) is 0 Å². The standard InChI is InChI=1S/C2H2Si2/c1-2-4-3-1/h1-2H. The molecule has 0 N–H and O–H groups in total. The highest BCUT2D eigenvalue weighted by molar-refractivity contribution is 7.10. The lowest BCUT2D eigenvalue weighted by molar-refractivity contribution is 2.38. The lowest BCUT2D eigenvalue weighted by Gasteiger charge is -1.88. The molecule has 1 aliphatic rings. The average Bonchev–Trinajstić information content (AvgIpc) is 0.722. The van der Waals surface area contributed by atoms with Gasteiger partial charge in [-0.3, -0.25) is 0 Å². The van der Waals surface area contributed by atoms with Gasteiger partial charge >= 0.3 is 0 Å². The number of hydrogen-bond donors (Lipinski definition) is 0. The van der Waals surface area contributed by atoms with E-state index in [0.717, 1.165) is 0 Å². The fourth-order valence-electron chi connectivity index (χ4n) is 0.0833. The van der Waals surface area contributed by atoms with Gasteiger partial charge in [-0.15, -0.1) is 11.4 Å². The van der Waals surface area contributed by atoms with E-state index in [1.165, 1.54) is 18.1 Å². The van der Waals surface area contributed by atoms with Crippen LogP contribution in [0.15, 0.2) is 11.4 Å². The van der Waals surface area contributed by atoms with Crippen LogP contribution >= 0.6 is 0 Å². The van der Waals surface area contributed by atoms with Crippen LogP contribution in [-0.2, 0) is 0 Å². The lowest BCUT2D eigenvalue weighted by atomic mass is 11.2. The molecule has 0 saturated carbocycles. The summed E-state index contributed by atoms with van der Waals surface area (Å²) in [5.41, 5.74) is 4.44. The fraction of sp³-hybridized carbons (Fsp3) is 0. The maximum atomic E-state index is 2.22. The first-order valence-electron chi connectivity index (χ1n) is 1.16. The van der Waals surface area contributed by atoms with Crippen molar-refractivity contribution in [1.82, 2.24) is 0 Å².